The number of hydrogen-bond donors (Lipinski definition) is 1. The summed E-state index contributed by atoms with van der Waals surface area (Å²) in [4.78, 5) is 25.6. The van der Waals surface area contributed by atoms with E-state index in [1.165, 1.54) is 6.07 Å². The molecule has 0 aliphatic carbocycles. The van der Waals surface area contributed by atoms with E-state index in [2.05, 4.69) is 10.2 Å². The SMILES string of the molecule is CCC(C)(C)NC(=O)c1ccc(N2CCCCCC2)c([N+](=O)[O-])c1. The van der Waals surface area contributed by atoms with Crippen LogP contribution in [0.25, 0.3) is 0 Å². The van der Waals surface area contributed by atoms with Crippen molar-refractivity contribution in [2.75, 3.05) is 18.0 Å². The molecule has 132 valence electrons. The number of anilines is 1. The molecule has 1 heterocycles. The minimum Gasteiger partial charge on any atom is -0.366 e. The second-order valence-corrected chi connectivity index (χ2v) is 7.05. The first-order chi connectivity index (χ1) is 11.3. The van der Waals surface area contributed by atoms with Gasteiger partial charge in [0.05, 0.1) is 4.92 Å². The second kappa shape index (κ2) is 7.64. The molecule has 0 unspecified atom stereocenters. The number of nitro benzene ring substituents is 1. The molecule has 0 bridgehead atoms. The van der Waals surface area contributed by atoms with Crippen LogP contribution in [0.4, 0.5) is 11.4 Å². The Balaban J connectivity index is 2.29. The zero-order chi connectivity index (χ0) is 17.7. The monoisotopic (exact) mass is 333 g/mol. The molecule has 1 saturated heterocycles. The highest BCUT2D eigenvalue weighted by atomic mass is 16.6. The average molecular weight is 333 g/mol. The van der Waals surface area contributed by atoms with Crippen molar-refractivity contribution < 1.29 is 9.72 Å². The van der Waals surface area contributed by atoms with Gasteiger partial charge in [-0.15, -0.1) is 0 Å². The molecule has 1 aliphatic heterocycles. The number of benzene rings is 1. The highest BCUT2D eigenvalue weighted by Gasteiger charge is 2.24. The fourth-order valence-corrected chi connectivity index (χ4v) is 2.86. The molecule has 24 heavy (non-hydrogen) atoms. The summed E-state index contributed by atoms with van der Waals surface area (Å²) in [5.74, 6) is -0.271. The lowest BCUT2D eigenvalue weighted by Crippen LogP contribution is -2.42. The van der Waals surface area contributed by atoms with Crippen LogP contribution in [0, 0.1) is 10.1 Å². The molecule has 0 spiro atoms. The molecule has 2 rings (SSSR count). The predicted octanol–water partition coefficient (Wildman–Crippen LogP) is 3.89. The Bertz CT molecular complexity index is 606. The molecule has 1 fully saturated rings. The summed E-state index contributed by atoms with van der Waals surface area (Å²) >= 11 is 0. The van der Waals surface area contributed by atoms with Crippen molar-refractivity contribution in [1.29, 1.82) is 0 Å². The highest BCUT2D eigenvalue weighted by molar-refractivity contribution is 5.96. The Morgan fingerprint density at radius 3 is 2.42 bits per heavy atom. The van der Waals surface area contributed by atoms with Gasteiger partial charge in [-0.05, 0) is 45.2 Å². The van der Waals surface area contributed by atoms with Crippen molar-refractivity contribution in [2.45, 2.75) is 58.4 Å². The van der Waals surface area contributed by atoms with Gasteiger partial charge in [0.25, 0.3) is 11.6 Å². The van der Waals surface area contributed by atoms with Crippen LogP contribution in [-0.4, -0.2) is 29.5 Å². The summed E-state index contributed by atoms with van der Waals surface area (Å²) in [6.45, 7) is 7.52. The van der Waals surface area contributed by atoms with Crippen molar-refractivity contribution >= 4 is 17.3 Å². The maximum Gasteiger partial charge on any atom is 0.293 e. The largest absolute Gasteiger partial charge is 0.366 e. The van der Waals surface area contributed by atoms with Gasteiger partial charge in [-0.3, -0.25) is 14.9 Å². The molecule has 1 aromatic rings. The second-order valence-electron chi connectivity index (χ2n) is 7.05. The molecule has 6 nitrogen and oxygen atoms in total. The third-order valence-electron chi connectivity index (χ3n) is 4.72. The van der Waals surface area contributed by atoms with Gasteiger partial charge in [0.15, 0.2) is 0 Å². The fraction of sp³-hybridized carbons (Fsp3) is 0.611. The molecule has 1 amide bonds. The van der Waals surface area contributed by atoms with E-state index in [1.54, 1.807) is 12.1 Å². The first kappa shape index (κ1) is 18.2. The first-order valence-corrected chi connectivity index (χ1v) is 8.70. The number of rotatable bonds is 5. The van der Waals surface area contributed by atoms with Crippen molar-refractivity contribution in [3.63, 3.8) is 0 Å². The Labute approximate surface area is 143 Å². The maximum atomic E-state index is 12.4. The molecule has 0 radical (unpaired) electrons. The number of nitrogens with one attached hydrogen (secondary N) is 1. The molecule has 1 aromatic carbocycles. The number of carbonyl (C=O) groups is 1. The van der Waals surface area contributed by atoms with Crippen LogP contribution in [0.15, 0.2) is 18.2 Å². The lowest BCUT2D eigenvalue weighted by Gasteiger charge is -2.25. The number of amides is 1. The van der Waals surface area contributed by atoms with E-state index in [-0.39, 0.29) is 22.1 Å². The van der Waals surface area contributed by atoms with E-state index in [0.29, 0.717) is 11.3 Å². The van der Waals surface area contributed by atoms with Gasteiger partial charge in [-0.25, -0.2) is 0 Å². The summed E-state index contributed by atoms with van der Waals surface area (Å²) in [6, 6.07) is 4.81. The standard InChI is InChI=1S/C18H27N3O3/c1-4-18(2,3)19-17(22)14-9-10-15(16(13-14)21(23)24)20-11-7-5-6-8-12-20/h9-10,13H,4-8,11-12H2,1-3H3,(H,19,22). The van der Waals surface area contributed by atoms with E-state index in [1.807, 2.05) is 20.8 Å². The average Bonchev–Trinajstić information content (AvgIpc) is 2.83. The van der Waals surface area contributed by atoms with E-state index in [9.17, 15) is 14.9 Å². The van der Waals surface area contributed by atoms with E-state index in [0.717, 1.165) is 45.2 Å². The van der Waals surface area contributed by atoms with Crippen LogP contribution >= 0.6 is 0 Å². The Morgan fingerprint density at radius 2 is 1.88 bits per heavy atom. The van der Waals surface area contributed by atoms with Crippen molar-refractivity contribution in [2.24, 2.45) is 0 Å². The Hall–Kier alpha value is -2.11. The Kier molecular flexibility index (Phi) is 5.80. The molecule has 1 N–H and O–H groups in total. The number of hydrogen-bond acceptors (Lipinski definition) is 4. The summed E-state index contributed by atoms with van der Waals surface area (Å²) < 4.78 is 0. The molecule has 1 aliphatic rings. The highest BCUT2D eigenvalue weighted by Crippen LogP contribution is 2.31. The molecule has 0 aromatic heterocycles. The van der Waals surface area contributed by atoms with Crippen LogP contribution in [0.2, 0.25) is 0 Å². The zero-order valence-corrected chi connectivity index (χ0v) is 14.8. The summed E-state index contributed by atoms with van der Waals surface area (Å²) in [5, 5.41) is 14.4. The van der Waals surface area contributed by atoms with Crippen LogP contribution in [0.1, 0.15) is 63.2 Å². The quantitative estimate of drug-likeness (QED) is 0.655. The fourth-order valence-electron chi connectivity index (χ4n) is 2.86. The first-order valence-electron chi connectivity index (χ1n) is 8.70. The van der Waals surface area contributed by atoms with Gasteiger partial charge in [0.2, 0.25) is 0 Å². The smallest absolute Gasteiger partial charge is 0.293 e. The van der Waals surface area contributed by atoms with Gasteiger partial charge in [-0.2, -0.15) is 0 Å². The lowest BCUT2D eigenvalue weighted by molar-refractivity contribution is -0.384. The maximum absolute atomic E-state index is 12.4. The van der Waals surface area contributed by atoms with Gasteiger partial charge < -0.3 is 10.2 Å². The molecular weight excluding hydrogens is 306 g/mol. The zero-order valence-electron chi connectivity index (χ0n) is 14.8. The predicted molar refractivity (Wildman–Crippen MR) is 95.6 cm³/mol. The molecule has 0 atom stereocenters. The molecule has 6 heteroatoms. The summed E-state index contributed by atoms with van der Waals surface area (Å²) in [5.41, 5.74) is 0.629. The number of nitrogens with zero attached hydrogens (tertiary/aromatic N) is 2. The van der Waals surface area contributed by atoms with E-state index in [4.69, 9.17) is 0 Å². The normalized spacial score (nSPS) is 15.7. The third-order valence-corrected chi connectivity index (χ3v) is 4.72. The Morgan fingerprint density at radius 1 is 1.25 bits per heavy atom. The minimum absolute atomic E-state index is 0.0128. The van der Waals surface area contributed by atoms with Gasteiger partial charge in [-0.1, -0.05) is 19.8 Å². The summed E-state index contributed by atoms with van der Waals surface area (Å²) in [7, 11) is 0. The number of carbonyl (C=O) groups excluding carboxylic acids is 1. The number of nitro groups is 1. The van der Waals surface area contributed by atoms with E-state index >= 15 is 0 Å². The molecular formula is C18H27N3O3. The topological polar surface area (TPSA) is 75.5 Å². The van der Waals surface area contributed by atoms with Crippen molar-refractivity contribution in [3.05, 3.63) is 33.9 Å². The van der Waals surface area contributed by atoms with Gasteiger partial charge >= 0.3 is 0 Å². The van der Waals surface area contributed by atoms with Crippen LogP contribution in [-0.2, 0) is 0 Å². The summed E-state index contributed by atoms with van der Waals surface area (Å²) in [6.07, 6.45) is 5.20. The van der Waals surface area contributed by atoms with E-state index < -0.39 is 0 Å². The van der Waals surface area contributed by atoms with Crippen molar-refractivity contribution in [1.82, 2.24) is 5.32 Å². The van der Waals surface area contributed by atoms with Crippen molar-refractivity contribution in [3.8, 4) is 0 Å². The van der Waals surface area contributed by atoms with Crippen LogP contribution in [0.3, 0.4) is 0 Å². The molecule has 0 saturated carbocycles. The van der Waals surface area contributed by atoms with Crippen LogP contribution < -0.4 is 10.2 Å². The third kappa shape index (κ3) is 4.46. The van der Waals surface area contributed by atoms with Gasteiger partial charge in [0, 0.05) is 30.3 Å². The minimum atomic E-state index is -0.387. The lowest BCUT2D eigenvalue weighted by atomic mass is 10.0. The van der Waals surface area contributed by atoms with Crippen LogP contribution in [0.5, 0.6) is 0 Å². The van der Waals surface area contributed by atoms with Gasteiger partial charge in [0.1, 0.15) is 5.69 Å².